The zero-order valence-electron chi connectivity index (χ0n) is 11.4. The van der Waals surface area contributed by atoms with E-state index in [-0.39, 0.29) is 5.56 Å². The van der Waals surface area contributed by atoms with Crippen LogP contribution in [-0.2, 0) is 0 Å². The molecule has 3 heterocycles. The van der Waals surface area contributed by atoms with Crippen LogP contribution in [0.25, 0.3) is 17.1 Å². The second-order valence-corrected chi connectivity index (χ2v) is 4.60. The minimum absolute atomic E-state index is 0.263. The van der Waals surface area contributed by atoms with E-state index in [9.17, 15) is 9.90 Å². The smallest absolute Gasteiger partial charge is 0.337 e. The average molecular weight is 279 g/mol. The fourth-order valence-corrected chi connectivity index (χ4v) is 2.34. The van der Waals surface area contributed by atoms with E-state index in [0.29, 0.717) is 5.69 Å². The molecule has 5 nitrogen and oxygen atoms in total. The third-order valence-corrected chi connectivity index (χ3v) is 3.31. The van der Waals surface area contributed by atoms with Crippen LogP contribution < -0.4 is 0 Å². The predicted molar refractivity (Wildman–Crippen MR) is 78.5 cm³/mol. The Morgan fingerprint density at radius 1 is 1.19 bits per heavy atom. The third kappa shape index (κ3) is 2.29. The molecule has 1 N–H and O–H groups in total. The minimum atomic E-state index is -0.952. The zero-order chi connectivity index (χ0) is 14.8. The SMILES string of the molecule is Cc1c(C(=O)O)cc(-c2ccccn2)n1-c1cccnc1. The lowest BCUT2D eigenvalue weighted by Gasteiger charge is -2.10. The normalized spacial score (nSPS) is 10.5. The van der Waals surface area contributed by atoms with Gasteiger partial charge in [0, 0.05) is 18.1 Å². The van der Waals surface area contributed by atoms with Crippen molar-refractivity contribution >= 4 is 5.97 Å². The summed E-state index contributed by atoms with van der Waals surface area (Å²) in [5.41, 5.74) is 3.18. The molecule has 3 rings (SSSR count). The molecule has 0 aromatic carbocycles. The van der Waals surface area contributed by atoms with Crippen molar-refractivity contribution in [2.75, 3.05) is 0 Å². The van der Waals surface area contributed by atoms with Gasteiger partial charge in [-0.05, 0) is 37.3 Å². The van der Waals surface area contributed by atoms with E-state index in [1.54, 1.807) is 31.6 Å². The summed E-state index contributed by atoms with van der Waals surface area (Å²) in [7, 11) is 0. The number of hydrogen-bond donors (Lipinski definition) is 1. The first-order valence-corrected chi connectivity index (χ1v) is 6.46. The molecule has 3 aromatic heterocycles. The van der Waals surface area contributed by atoms with Crippen LogP contribution in [0.2, 0.25) is 0 Å². The van der Waals surface area contributed by atoms with Crippen molar-refractivity contribution in [3.63, 3.8) is 0 Å². The van der Waals surface area contributed by atoms with Gasteiger partial charge in [-0.25, -0.2) is 4.79 Å². The molecule has 0 bridgehead atoms. The Hall–Kier alpha value is -2.95. The molecule has 21 heavy (non-hydrogen) atoms. The van der Waals surface area contributed by atoms with E-state index in [2.05, 4.69) is 9.97 Å². The summed E-state index contributed by atoms with van der Waals surface area (Å²) >= 11 is 0. The number of nitrogens with zero attached hydrogens (tertiary/aromatic N) is 3. The maximum absolute atomic E-state index is 11.4. The second-order valence-electron chi connectivity index (χ2n) is 4.60. The summed E-state index contributed by atoms with van der Waals surface area (Å²) in [4.78, 5) is 19.8. The summed E-state index contributed by atoms with van der Waals surface area (Å²) in [6.07, 6.45) is 5.07. The number of rotatable bonds is 3. The maximum atomic E-state index is 11.4. The Labute approximate surface area is 121 Å². The van der Waals surface area contributed by atoms with Crippen LogP contribution >= 0.6 is 0 Å². The van der Waals surface area contributed by atoms with E-state index >= 15 is 0 Å². The van der Waals surface area contributed by atoms with Crippen LogP contribution in [0.5, 0.6) is 0 Å². The standard InChI is InChI=1S/C16H13N3O2/c1-11-13(16(20)21)9-15(14-6-2-3-8-18-14)19(11)12-5-4-7-17-10-12/h2-10H,1H3,(H,20,21). The van der Waals surface area contributed by atoms with Gasteiger partial charge in [-0.1, -0.05) is 6.07 Å². The Balaban J connectivity index is 2.29. The molecule has 3 aromatic rings. The summed E-state index contributed by atoms with van der Waals surface area (Å²) in [6.45, 7) is 1.78. The summed E-state index contributed by atoms with van der Waals surface area (Å²) in [5, 5.41) is 9.35. The van der Waals surface area contributed by atoms with Crippen LogP contribution in [0.1, 0.15) is 16.1 Å². The fourth-order valence-electron chi connectivity index (χ4n) is 2.34. The summed E-state index contributed by atoms with van der Waals surface area (Å²) < 4.78 is 1.86. The Kier molecular flexibility index (Phi) is 3.23. The fraction of sp³-hybridized carbons (Fsp3) is 0.0625. The first kappa shape index (κ1) is 13.1. The van der Waals surface area contributed by atoms with Crippen molar-refractivity contribution in [3.05, 3.63) is 66.2 Å². The largest absolute Gasteiger partial charge is 0.478 e. The molecule has 0 fully saturated rings. The number of aromatic carboxylic acids is 1. The van der Waals surface area contributed by atoms with Crippen molar-refractivity contribution in [3.8, 4) is 17.1 Å². The van der Waals surface area contributed by atoms with Crippen LogP contribution in [0.4, 0.5) is 0 Å². The maximum Gasteiger partial charge on any atom is 0.337 e. The third-order valence-electron chi connectivity index (χ3n) is 3.31. The monoisotopic (exact) mass is 279 g/mol. The number of pyridine rings is 2. The van der Waals surface area contributed by atoms with Gasteiger partial charge in [0.1, 0.15) is 0 Å². The van der Waals surface area contributed by atoms with Crippen molar-refractivity contribution < 1.29 is 9.90 Å². The van der Waals surface area contributed by atoms with Crippen molar-refractivity contribution in [2.24, 2.45) is 0 Å². The highest BCUT2D eigenvalue weighted by atomic mass is 16.4. The number of hydrogen-bond acceptors (Lipinski definition) is 3. The van der Waals surface area contributed by atoms with Crippen molar-refractivity contribution in [1.82, 2.24) is 14.5 Å². The topological polar surface area (TPSA) is 68.0 Å². The lowest BCUT2D eigenvalue weighted by Crippen LogP contribution is -2.03. The van der Waals surface area contributed by atoms with E-state index < -0.39 is 5.97 Å². The molecule has 0 aliphatic rings. The van der Waals surface area contributed by atoms with E-state index in [1.807, 2.05) is 34.9 Å². The van der Waals surface area contributed by atoms with Gasteiger partial charge in [-0.3, -0.25) is 9.97 Å². The predicted octanol–water partition coefficient (Wildman–Crippen LogP) is 2.94. The molecular weight excluding hydrogens is 266 g/mol. The summed E-state index contributed by atoms with van der Waals surface area (Å²) in [6, 6.07) is 10.9. The van der Waals surface area contributed by atoms with Gasteiger partial charge in [0.2, 0.25) is 0 Å². The molecule has 104 valence electrons. The zero-order valence-corrected chi connectivity index (χ0v) is 11.4. The van der Waals surface area contributed by atoms with Crippen LogP contribution in [0.3, 0.4) is 0 Å². The molecule has 0 radical (unpaired) electrons. The number of carbonyl (C=O) groups is 1. The molecule has 0 saturated carbocycles. The summed E-state index contributed by atoms with van der Waals surface area (Å²) in [5.74, 6) is -0.952. The highest BCUT2D eigenvalue weighted by Gasteiger charge is 2.19. The first-order valence-electron chi connectivity index (χ1n) is 6.46. The van der Waals surface area contributed by atoms with Gasteiger partial charge < -0.3 is 9.67 Å². The van der Waals surface area contributed by atoms with Gasteiger partial charge in [0.25, 0.3) is 0 Å². The van der Waals surface area contributed by atoms with Gasteiger partial charge in [-0.15, -0.1) is 0 Å². The van der Waals surface area contributed by atoms with Crippen LogP contribution in [0, 0.1) is 6.92 Å². The van der Waals surface area contributed by atoms with Crippen molar-refractivity contribution in [1.29, 1.82) is 0 Å². The molecule has 0 aliphatic heterocycles. The second kappa shape index (κ2) is 5.20. The molecule has 0 aliphatic carbocycles. The molecule has 0 atom stereocenters. The van der Waals surface area contributed by atoms with Crippen LogP contribution in [-0.4, -0.2) is 25.6 Å². The van der Waals surface area contributed by atoms with E-state index in [4.69, 9.17) is 0 Å². The van der Waals surface area contributed by atoms with Gasteiger partial charge in [0.05, 0.1) is 28.8 Å². The molecular formula is C16H13N3O2. The van der Waals surface area contributed by atoms with E-state index in [1.165, 1.54) is 0 Å². The van der Waals surface area contributed by atoms with Crippen LogP contribution in [0.15, 0.2) is 55.0 Å². The molecule has 0 unspecified atom stereocenters. The molecule has 0 amide bonds. The molecule has 5 heteroatoms. The highest BCUT2D eigenvalue weighted by molar-refractivity contribution is 5.91. The minimum Gasteiger partial charge on any atom is -0.478 e. The van der Waals surface area contributed by atoms with Crippen molar-refractivity contribution in [2.45, 2.75) is 6.92 Å². The van der Waals surface area contributed by atoms with Gasteiger partial charge in [-0.2, -0.15) is 0 Å². The Bertz CT molecular complexity index is 780. The highest BCUT2D eigenvalue weighted by Crippen LogP contribution is 2.27. The lowest BCUT2D eigenvalue weighted by atomic mass is 10.2. The Morgan fingerprint density at radius 3 is 2.67 bits per heavy atom. The number of carboxylic acids is 1. The average Bonchev–Trinajstić information content (AvgIpc) is 2.87. The van der Waals surface area contributed by atoms with Gasteiger partial charge in [0.15, 0.2) is 0 Å². The number of aromatic nitrogens is 3. The van der Waals surface area contributed by atoms with E-state index in [0.717, 1.165) is 17.1 Å². The lowest BCUT2D eigenvalue weighted by molar-refractivity contribution is 0.0696. The number of carboxylic acid groups (broad SMARTS) is 1. The van der Waals surface area contributed by atoms with Gasteiger partial charge >= 0.3 is 5.97 Å². The molecule has 0 saturated heterocycles. The quantitative estimate of drug-likeness (QED) is 0.800. The first-order chi connectivity index (χ1) is 10.2. The Morgan fingerprint density at radius 2 is 2.05 bits per heavy atom. The molecule has 0 spiro atoms.